The van der Waals surface area contributed by atoms with Crippen molar-refractivity contribution >= 4 is 33.6 Å². The van der Waals surface area contributed by atoms with Gasteiger partial charge in [0.1, 0.15) is 24.5 Å². The molecule has 0 radical (unpaired) electrons. The lowest BCUT2D eigenvalue weighted by atomic mass is 9.92. The van der Waals surface area contributed by atoms with Crippen molar-refractivity contribution in [3.63, 3.8) is 0 Å². The Labute approximate surface area is 368 Å². The number of carbonyl (C=O) groups is 3. The molecular formula is C52H46N2O8S. The van der Waals surface area contributed by atoms with Gasteiger partial charge in [0.25, 0.3) is 0 Å². The molecule has 0 unspecified atom stereocenters. The fourth-order valence-corrected chi connectivity index (χ4v) is 8.07. The van der Waals surface area contributed by atoms with Gasteiger partial charge in [-0.15, -0.1) is 0 Å². The topological polar surface area (TPSA) is 120 Å². The van der Waals surface area contributed by atoms with Gasteiger partial charge in [0.05, 0.1) is 30.7 Å². The molecule has 1 amide bonds. The molecule has 10 nitrogen and oxygen atoms in total. The van der Waals surface area contributed by atoms with Gasteiger partial charge < -0.3 is 19.1 Å². The summed E-state index contributed by atoms with van der Waals surface area (Å²) < 4.78 is 45.4. The van der Waals surface area contributed by atoms with E-state index in [2.05, 4.69) is 0 Å². The van der Waals surface area contributed by atoms with Gasteiger partial charge in [-0.3, -0.25) is 4.79 Å². The van der Waals surface area contributed by atoms with E-state index in [1.54, 1.807) is 36.4 Å². The summed E-state index contributed by atoms with van der Waals surface area (Å²) in [7, 11) is -1.32. The molecular weight excluding hydrogens is 813 g/mol. The first kappa shape index (κ1) is 43.7. The van der Waals surface area contributed by atoms with Crippen LogP contribution in [0.1, 0.15) is 43.0 Å². The van der Waals surface area contributed by atoms with Gasteiger partial charge in [-0.2, -0.15) is 4.31 Å². The first-order valence-electron chi connectivity index (χ1n) is 20.2. The number of esters is 2. The summed E-state index contributed by atoms with van der Waals surface area (Å²) in [6, 6.07) is 52.8. The summed E-state index contributed by atoms with van der Waals surface area (Å²) >= 11 is 0. The number of hydrogen-bond donors (Lipinski definition) is 0. The van der Waals surface area contributed by atoms with Crippen LogP contribution in [0.2, 0.25) is 0 Å². The first-order chi connectivity index (χ1) is 30.5. The first-order valence-corrected chi connectivity index (χ1v) is 21.7. The van der Waals surface area contributed by atoms with Crippen molar-refractivity contribution in [3.8, 4) is 28.0 Å². The number of aryl methyl sites for hydroxylation is 1. The second-order valence-corrected chi connectivity index (χ2v) is 16.9. The van der Waals surface area contributed by atoms with E-state index in [1.807, 2.05) is 134 Å². The lowest BCUT2D eigenvalue weighted by Gasteiger charge is -2.27. The van der Waals surface area contributed by atoms with Crippen molar-refractivity contribution in [2.75, 3.05) is 25.6 Å². The van der Waals surface area contributed by atoms with Crippen molar-refractivity contribution in [2.45, 2.75) is 31.6 Å². The fraction of sp³-hybridized carbons (Fsp3) is 0.135. The number of benzene rings is 7. The molecule has 0 bridgehead atoms. The van der Waals surface area contributed by atoms with Crippen LogP contribution in [0.3, 0.4) is 0 Å². The maximum atomic E-state index is 14.5. The van der Waals surface area contributed by atoms with Crippen LogP contribution in [-0.2, 0) is 44.1 Å². The highest BCUT2D eigenvalue weighted by Gasteiger charge is 2.28. The lowest BCUT2D eigenvalue weighted by Crippen LogP contribution is -2.41. The maximum Gasteiger partial charge on any atom is 0.342 e. The molecule has 0 aliphatic heterocycles. The minimum Gasteiger partial charge on any atom is -0.488 e. The van der Waals surface area contributed by atoms with Gasteiger partial charge in [0.2, 0.25) is 15.9 Å². The number of carbonyl (C=O) groups excluding carboxylic acids is 3. The summed E-state index contributed by atoms with van der Waals surface area (Å²) in [6.45, 7) is 1.59. The third kappa shape index (κ3) is 10.8. The number of rotatable bonds is 16. The van der Waals surface area contributed by atoms with Crippen LogP contribution in [0.5, 0.6) is 5.75 Å². The zero-order chi connectivity index (χ0) is 44.3. The maximum absolute atomic E-state index is 14.5. The van der Waals surface area contributed by atoms with Gasteiger partial charge in [0, 0.05) is 18.8 Å². The van der Waals surface area contributed by atoms with Crippen molar-refractivity contribution in [1.82, 2.24) is 4.31 Å². The molecule has 0 saturated carbocycles. The fourth-order valence-electron chi connectivity index (χ4n) is 6.95. The van der Waals surface area contributed by atoms with Crippen molar-refractivity contribution in [1.29, 1.82) is 0 Å². The molecule has 63 heavy (non-hydrogen) atoms. The number of anilines is 1. The van der Waals surface area contributed by atoms with Crippen LogP contribution in [0.15, 0.2) is 181 Å². The van der Waals surface area contributed by atoms with E-state index in [0.717, 1.165) is 48.8 Å². The average Bonchev–Trinajstić information content (AvgIpc) is 3.32. The smallest absolute Gasteiger partial charge is 0.342 e. The summed E-state index contributed by atoms with van der Waals surface area (Å²) in [5.74, 6) is -1.38. The van der Waals surface area contributed by atoms with Crippen LogP contribution < -0.4 is 9.64 Å². The molecule has 7 aromatic carbocycles. The van der Waals surface area contributed by atoms with Crippen molar-refractivity contribution in [3.05, 3.63) is 209 Å². The minimum atomic E-state index is -4.04. The number of methoxy groups -OCH3 is 1. The third-order valence-electron chi connectivity index (χ3n) is 10.5. The second-order valence-electron chi connectivity index (χ2n) is 14.9. The van der Waals surface area contributed by atoms with Crippen LogP contribution in [0, 0.1) is 6.92 Å². The Kier molecular flexibility index (Phi) is 13.9. The van der Waals surface area contributed by atoms with E-state index in [4.69, 9.17) is 14.2 Å². The molecule has 7 aromatic rings. The predicted molar refractivity (Wildman–Crippen MR) is 244 cm³/mol. The third-order valence-corrected chi connectivity index (χ3v) is 12.3. The molecule has 11 heteroatoms. The Morgan fingerprint density at radius 3 is 1.83 bits per heavy atom. The quantitative estimate of drug-likeness (QED) is 0.0882. The number of hydrogen-bond acceptors (Lipinski definition) is 8. The van der Waals surface area contributed by atoms with E-state index in [-0.39, 0.29) is 36.0 Å². The Morgan fingerprint density at radius 2 is 1.19 bits per heavy atom. The Bertz CT molecular complexity index is 2800. The van der Waals surface area contributed by atoms with Crippen LogP contribution in [-0.4, -0.2) is 51.3 Å². The monoisotopic (exact) mass is 858 g/mol. The Hall–Kier alpha value is -7.34. The minimum absolute atomic E-state index is 0.0419. The summed E-state index contributed by atoms with van der Waals surface area (Å²) in [5, 5.41) is 0. The number of nitrogens with zero attached hydrogens (tertiary/aromatic N) is 2. The van der Waals surface area contributed by atoms with Gasteiger partial charge in [-0.25, -0.2) is 18.0 Å². The number of sulfonamides is 1. The second kappa shape index (κ2) is 20.0. The molecule has 0 spiro atoms. The zero-order valence-electron chi connectivity index (χ0n) is 35.1. The number of amides is 1. The van der Waals surface area contributed by atoms with Crippen LogP contribution in [0.4, 0.5) is 5.69 Å². The molecule has 0 aliphatic carbocycles. The summed E-state index contributed by atoms with van der Waals surface area (Å²) in [4.78, 5) is 42.2. The normalized spacial score (nSPS) is 11.2. The molecule has 318 valence electrons. The highest BCUT2D eigenvalue weighted by Crippen LogP contribution is 2.35. The molecule has 0 heterocycles. The van der Waals surface area contributed by atoms with Crippen LogP contribution >= 0.6 is 0 Å². The van der Waals surface area contributed by atoms with E-state index in [1.165, 1.54) is 31.2 Å². The van der Waals surface area contributed by atoms with E-state index in [0.29, 0.717) is 11.3 Å². The van der Waals surface area contributed by atoms with E-state index >= 15 is 0 Å². The molecule has 0 atom stereocenters. The van der Waals surface area contributed by atoms with E-state index in [9.17, 15) is 22.8 Å². The largest absolute Gasteiger partial charge is 0.488 e. The average molecular weight is 859 g/mol. The number of ether oxygens (including phenoxy) is 3. The van der Waals surface area contributed by atoms with Crippen molar-refractivity contribution < 1.29 is 37.0 Å². The SMILES string of the molecule is COC(=O)c1ccc(-c2ccc(CN(C(=O)CN(C)S(=O)(=O)c3ccc(C)cc3)c3ccc(C(=O)OCc4ccccc4)c(OCc4ccccc4)c3)cc2)c(-c2ccccc2)c1. The Balaban J connectivity index is 1.24. The predicted octanol–water partition coefficient (Wildman–Crippen LogP) is 9.91. The molecule has 0 fully saturated rings. The Morgan fingerprint density at radius 1 is 0.587 bits per heavy atom. The molecule has 0 aromatic heterocycles. The summed E-state index contributed by atoms with van der Waals surface area (Å²) in [5.41, 5.74) is 7.77. The van der Waals surface area contributed by atoms with Gasteiger partial charge in [0.15, 0.2) is 0 Å². The molecule has 0 aliphatic rings. The molecule has 0 saturated heterocycles. The lowest BCUT2D eigenvalue weighted by molar-refractivity contribution is -0.118. The molecule has 7 rings (SSSR count). The van der Waals surface area contributed by atoms with Gasteiger partial charge >= 0.3 is 11.9 Å². The van der Waals surface area contributed by atoms with Crippen LogP contribution in [0.25, 0.3) is 22.3 Å². The van der Waals surface area contributed by atoms with Gasteiger partial charge in [-0.1, -0.05) is 139 Å². The standard InChI is InChI=1S/C52H46N2O8S/c1-37-19-27-45(28-20-37)63(58,59)53(2)34-50(55)54(33-38-21-23-42(24-22-38)46-29-25-43(51(56)60-3)31-48(46)41-17-11-6-12-18-41)44-26-30-47(52(57)62-36-40-15-9-5-10-16-40)49(32-44)61-35-39-13-7-4-8-14-39/h4-32H,33-36H2,1-3H3. The zero-order valence-corrected chi connectivity index (χ0v) is 36.0. The van der Waals surface area contributed by atoms with E-state index < -0.39 is 34.4 Å². The highest BCUT2D eigenvalue weighted by molar-refractivity contribution is 7.89. The number of likely N-dealkylation sites (N-methyl/N-ethyl adjacent to an activating group) is 1. The van der Waals surface area contributed by atoms with Crippen molar-refractivity contribution in [2.24, 2.45) is 0 Å². The summed E-state index contributed by atoms with van der Waals surface area (Å²) in [6.07, 6.45) is 0. The highest BCUT2D eigenvalue weighted by atomic mass is 32.2. The van der Waals surface area contributed by atoms with Gasteiger partial charge in [-0.05, 0) is 82.3 Å². The molecule has 0 N–H and O–H groups in total.